The summed E-state index contributed by atoms with van der Waals surface area (Å²) in [6.45, 7) is -0.400. The molecule has 3 N–H and O–H groups in total. The number of thiazole rings is 1. The minimum Gasteiger partial charge on any atom is -0.394 e. The molecule has 0 amide bonds. The van der Waals surface area contributed by atoms with Gasteiger partial charge in [0.25, 0.3) is 0 Å². The van der Waals surface area contributed by atoms with E-state index >= 15 is 0 Å². The molecule has 1 aromatic heterocycles. The quantitative estimate of drug-likeness (QED) is 0.640. The lowest BCUT2D eigenvalue weighted by atomic mass is 10.1. The van der Waals surface area contributed by atoms with Gasteiger partial charge in [0.15, 0.2) is 5.13 Å². The van der Waals surface area contributed by atoms with E-state index in [-0.39, 0.29) is 5.01 Å². The molecule has 15 heavy (non-hydrogen) atoms. The second-order valence-electron chi connectivity index (χ2n) is 3.26. The van der Waals surface area contributed by atoms with Crippen molar-refractivity contribution in [2.45, 2.75) is 24.4 Å². The van der Waals surface area contributed by atoms with Gasteiger partial charge in [0.1, 0.15) is 29.4 Å². The van der Waals surface area contributed by atoms with Gasteiger partial charge in [-0.2, -0.15) is 4.39 Å². The van der Waals surface area contributed by atoms with Crippen LogP contribution in [0, 0.1) is 5.13 Å². The van der Waals surface area contributed by atoms with E-state index in [4.69, 9.17) is 9.84 Å². The van der Waals surface area contributed by atoms with E-state index in [0.29, 0.717) is 0 Å². The lowest BCUT2D eigenvalue weighted by Gasteiger charge is -2.11. The van der Waals surface area contributed by atoms with Crippen LogP contribution in [-0.2, 0) is 4.74 Å². The van der Waals surface area contributed by atoms with Crippen molar-refractivity contribution in [1.29, 1.82) is 0 Å². The fourth-order valence-corrected chi connectivity index (χ4v) is 2.22. The average Bonchev–Trinajstić information content (AvgIpc) is 2.74. The fraction of sp³-hybridized carbons (Fsp3) is 0.625. The van der Waals surface area contributed by atoms with Crippen LogP contribution in [0.5, 0.6) is 0 Å². The monoisotopic (exact) mass is 235 g/mol. The Morgan fingerprint density at radius 2 is 2.20 bits per heavy atom. The van der Waals surface area contributed by atoms with Crippen LogP contribution in [0.15, 0.2) is 6.20 Å². The topological polar surface area (TPSA) is 82.8 Å². The van der Waals surface area contributed by atoms with Crippen molar-refractivity contribution < 1.29 is 24.4 Å². The zero-order chi connectivity index (χ0) is 11.0. The molecule has 1 aliphatic heterocycles. The Morgan fingerprint density at radius 1 is 1.47 bits per heavy atom. The number of aliphatic hydroxyl groups excluding tert-OH is 3. The molecule has 1 fully saturated rings. The molecule has 0 unspecified atom stereocenters. The summed E-state index contributed by atoms with van der Waals surface area (Å²) in [5.74, 6) is 0. The maximum absolute atomic E-state index is 12.7. The standard InChI is InChI=1S/C8H10FNO4S/c9-4-1-10-8(15-4)7-6(13)5(12)3(2-11)14-7/h1,3,5-7,11-13H,2H2/t3-,5-,6-,7-/m1/s1. The van der Waals surface area contributed by atoms with Gasteiger partial charge in [0.2, 0.25) is 0 Å². The minimum atomic E-state index is -1.19. The summed E-state index contributed by atoms with van der Waals surface area (Å²) in [6, 6.07) is 0. The van der Waals surface area contributed by atoms with Crippen LogP contribution in [0.1, 0.15) is 11.1 Å². The molecule has 84 valence electrons. The second kappa shape index (κ2) is 4.11. The summed E-state index contributed by atoms with van der Waals surface area (Å²) in [5.41, 5.74) is 0. The summed E-state index contributed by atoms with van der Waals surface area (Å²) in [6.07, 6.45) is -3.06. The van der Waals surface area contributed by atoms with Crippen molar-refractivity contribution in [3.05, 3.63) is 16.3 Å². The third kappa shape index (κ3) is 1.88. The van der Waals surface area contributed by atoms with Gasteiger partial charge in [-0.3, -0.25) is 0 Å². The van der Waals surface area contributed by atoms with Crippen molar-refractivity contribution in [2.24, 2.45) is 0 Å². The Kier molecular flexibility index (Phi) is 2.98. The molecule has 4 atom stereocenters. The molecule has 0 aliphatic carbocycles. The Morgan fingerprint density at radius 3 is 2.67 bits per heavy atom. The number of aliphatic hydroxyl groups is 3. The predicted octanol–water partition coefficient (Wildman–Crippen LogP) is -0.564. The number of halogens is 1. The molecular weight excluding hydrogens is 225 g/mol. The molecule has 7 heteroatoms. The minimum absolute atomic E-state index is 0.259. The van der Waals surface area contributed by atoms with Gasteiger partial charge in [-0.15, -0.1) is 0 Å². The number of aromatic nitrogens is 1. The van der Waals surface area contributed by atoms with Crippen LogP contribution in [0.2, 0.25) is 0 Å². The highest BCUT2D eigenvalue weighted by molar-refractivity contribution is 7.10. The third-order valence-electron chi connectivity index (χ3n) is 2.28. The lowest BCUT2D eigenvalue weighted by Crippen LogP contribution is -2.32. The molecule has 5 nitrogen and oxygen atoms in total. The third-order valence-corrected chi connectivity index (χ3v) is 3.13. The Labute approximate surface area is 88.8 Å². The highest BCUT2D eigenvalue weighted by Gasteiger charge is 2.44. The summed E-state index contributed by atoms with van der Waals surface area (Å²) >= 11 is 0.748. The van der Waals surface area contributed by atoms with Crippen LogP contribution < -0.4 is 0 Å². The molecule has 0 spiro atoms. The van der Waals surface area contributed by atoms with E-state index < -0.39 is 36.2 Å². The van der Waals surface area contributed by atoms with Gasteiger partial charge < -0.3 is 20.1 Å². The van der Waals surface area contributed by atoms with Gasteiger partial charge in [-0.25, -0.2) is 4.98 Å². The fourth-order valence-electron chi connectivity index (χ4n) is 1.50. The van der Waals surface area contributed by atoms with Gasteiger partial charge >= 0.3 is 0 Å². The molecule has 1 saturated heterocycles. The smallest absolute Gasteiger partial charge is 0.196 e. The first-order valence-corrected chi connectivity index (χ1v) is 5.19. The second-order valence-corrected chi connectivity index (χ2v) is 4.27. The van der Waals surface area contributed by atoms with E-state index in [1.165, 1.54) is 0 Å². The van der Waals surface area contributed by atoms with Crippen LogP contribution in [0.3, 0.4) is 0 Å². The maximum Gasteiger partial charge on any atom is 0.196 e. The van der Waals surface area contributed by atoms with Gasteiger partial charge in [0.05, 0.1) is 12.8 Å². The predicted molar refractivity (Wildman–Crippen MR) is 48.8 cm³/mol. The van der Waals surface area contributed by atoms with E-state index in [2.05, 4.69) is 4.98 Å². The molecular formula is C8H10FNO4S. The molecule has 2 heterocycles. The van der Waals surface area contributed by atoms with Crippen LogP contribution in [0.25, 0.3) is 0 Å². The number of hydrogen-bond donors (Lipinski definition) is 3. The molecule has 0 radical (unpaired) electrons. The van der Waals surface area contributed by atoms with Crippen LogP contribution in [-0.4, -0.2) is 45.2 Å². The van der Waals surface area contributed by atoms with Crippen molar-refractivity contribution >= 4 is 11.3 Å². The van der Waals surface area contributed by atoms with Crippen molar-refractivity contribution in [3.63, 3.8) is 0 Å². The van der Waals surface area contributed by atoms with Gasteiger partial charge in [0, 0.05) is 0 Å². The average molecular weight is 235 g/mol. The Bertz CT molecular complexity index is 347. The highest BCUT2D eigenvalue weighted by Crippen LogP contribution is 2.34. The summed E-state index contributed by atoms with van der Waals surface area (Å²) in [7, 11) is 0. The summed E-state index contributed by atoms with van der Waals surface area (Å²) in [4.78, 5) is 3.72. The Balaban J connectivity index is 2.18. The number of ether oxygens (including phenoxy) is 1. The van der Waals surface area contributed by atoms with E-state index in [0.717, 1.165) is 17.5 Å². The number of nitrogens with zero attached hydrogens (tertiary/aromatic N) is 1. The van der Waals surface area contributed by atoms with Crippen LogP contribution >= 0.6 is 11.3 Å². The van der Waals surface area contributed by atoms with Crippen molar-refractivity contribution in [2.75, 3.05) is 6.61 Å². The SMILES string of the molecule is OC[C@H]1O[C@@H](c2ncc(F)s2)[C@H](O)[C@@H]1O. The maximum atomic E-state index is 12.7. The van der Waals surface area contributed by atoms with Gasteiger partial charge in [-0.1, -0.05) is 11.3 Å². The van der Waals surface area contributed by atoms with E-state index in [9.17, 15) is 14.6 Å². The number of hydrogen-bond acceptors (Lipinski definition) is 6. The zero-order valence-electron chi connectivity index (χ0n) is 7.58. The van der Waals surface area contributed by atoms with Gasteiger partial charge in [-0.05, 0) is 0 Å². The zero-order valence-corrected chi connectivity index (χ0v) is 8.39. The molecule has 1 aliphatic rings. The Hall–Kier alpha value is -0.600. The van der Waals surface area contributed by atoms with Crippen molar-refractivity contribution in [1.82, 2.24) is 4.98 Å². The van der Waals surface area contributed by atoms with Crippen molar-refractivity contribution in [3.8, 4) is 0 Å². The molecule has 2 rings (SSSR count). The molecule has 1 aromatic rings. The molecule has 0 aromatic carbocycles. The van der Waals surface area contributed by atoms with E-state index in [1.807, 2.05) is 0 Å². The largest absolute Gasteiger partial charge is 0.394 e. The molecule has 0 bridgehead atoms. The first kappa shape index (κ1) is 10.9. The first-order chi connectivity index (χ1) is 7.13. The molecule has 0 saturated carbocycles. The lowest BCUT2D eigenvalue weighted by molar-refractivity contribution is -0.0228. The van der Waals surface area contributed by atoms with E-state index in [1.54, 1.807) is 0 Å². The summed E-state index contributed by atoms with van der Waals surface area (Å²) in [5, 5.41) is 27.6. The highest BCUT2D eigenvalue weighted by atomic mass is 32.1. The first-order valence-electron chi connectivity index (χ1n) is 4.37. The van der Waals surface area contributed by atoms with Crippen LogP contribution in [0.4, 0.5) is 4.39 Å². The summed E-state index contributed by atoms with van der Waals surface area (Å²) < 4.78 is 17.9. The number of rotatable bonds is 2. The normalized spacial score (nSPS) is 36.0.